The Hall–Kier alpha value is -0.870. The second-order valence-corrected chi connectivity index (χ2v) is 5.76. The van der Waals surface area contributed by atoms with Crippen molar-refractivity contribution in [2.24, 2.45) is 5.41 Å². The van der Waals surface area contributed by atoms with Crippen molar-refractivity contribution in [3.8, 4) is 0 Å². The molecule has 0 heterocycles. The average Bonchev–Trinajstić information content (AvgIpc) is 2.13. The summed E-state index contributed by atoms with van der Waals surface area (Å²) >= 11 is 0. The number of nitrogens with zero attached hydrogens (tertiary/aromatic N) is 2. The highest BCUT2D eigenvalue weighted by molar-refractivity contribution is 5.83. The quantitative estimate of drug-likeness (QED) is 0.670. The minimum absolute atomic E-state index is 0.0110. The Labute approximate surface area is 106 Å². The number of likely N-dealkylation sites (N-methyl/N-ethyl adjacent to an activating group) is 1. The van der Waals surface area contributed by atoms with Gasteiger partial charge in [0.25, 0.3) is 0 Å². The number of amides is 1. The second-order valence-electron chi connectivity index (χ2n) is 5.76. The zero-order chi connectivity index (χ0) is 13.6. The largest absolute Gasteiger partial charge is 0.354 e. The van der Waals surface area contributed by atoms with E-state index in [4.69, 9.17) is 0 Å². The van der Waals surface area contributed by atoms with Crippen molar-refractivity contribution >= 4 is 5.91 Å². The fourth-order valence-electron chi connectivity index (χ4n) is 1.90. The molecule has 1 N–H and O–H groups in total. The first-order valence-electron chi connectivity index (χ1n) is 5.91. The van der Waals surface area contributed by atoms with Gasteiger partial charge in [-0.3, -0.25) is 9.69 Å². The van der Waals surface area contributed by atoms with Gasteiger partial charge in [0, 0.05) is 13.1 Å². The van der Waals surface area contributed by atoms with E-state index in [-0.39, 0.29) is 17.4 Å². The molecule has 100 valence electrons. The highest BCUT2D eigenvalue weighted by Gasteiger charge is 2.22. The molecule has 1 atom stereocenters. The van der Waals surface area contributed by atoms with E-state index in [9.17, 15) is 4.79 Å². The van der Waals surface area contributed by atoms with E-state index in [1.807, 2.05) is 33.1 Å². The van der Waals surface area contributed by atoms with E-state index in [1.54, 1.807) is 6.08 Å². The molecule has 0 aliphatic heterocycles. The number of hydrogen-bond donors (Lipinski definition) is 1. The summed E-state index contributed by atoms with van der Waals surface area (Å²) in [6, 6.07) is -0.259. The van der Waals surface area contributed by atoms with Crippen molar-refractivity contribution < 1.29 is 4.79 Å². The third kappa shape index (κ3) is 6.44. The summed E-state index contributed by atoms with van der Waals surface area (Å²) in [5.41, 5.74) is 0.0667. The van der Waals surface area contributed by atoms with E-state index >= 15 is 0 Å². The van der Waals surface area contributed by atoms with Gasteiger partial charge in [0.15, 0.2) is 0 Å². The second kappa shape index (κ2) is 6.77. The molecule has 0 radical (unpaired) electrons. The van der Waals surface area contributed by atoms with Gasteiger partial charge in [0.2, 0.25) is 5.91 Å². The van der Waals surface area contributed by atoms with Crippen LogP contribution in [-0.4, -0.2) is 63.0 Å². The van der Waals surface area contributed by atoms with Crippen molar-refractivity contribution in [1.82, 2.24) is 15.1 Å². The predicted octanol–water partition coefficient (Wildman–Crippen LogP) is 0.807. The number of rotatable bonds is 7. The smallest absolute Gasteiger partial charge is 0.241 e. The zero-order valence-electron chi connectivity index (χ0n) is 12.1. The molecule has 4 heteroatoms. The van der Waals surface area contributed by atoms with Crippen LogP contribution >= 0.6 is 0 Å². The first-order chi connectivity index (χ1) is 7.69. The first-order valence-corrected chi connectivity index (χ1v) is 5.91. The lowest BCUT2D eigenvalue weighted by Gasteiger charge is -2.29. The van der Waals surface area contributed by atoms with Gasteiger partial charge in [-0.1, -0.05) is 19.9 Å². The van der Waals surface area contributed by atoms with Crippen molar-refractivity contribution in [3.05, 3.63) is 12.7 Å². The molecule has 0 aromatic rings. The van der Waals surface area contributed by atoms with Gasteiger partial charge in [-0.25, -0.2) is 0 Å². The normalized spacial score (nSPS) is 13.9. The van der Waals surface area contributed by atoms with Gasteiger partial charge < -0.3 is 10.2 Å². The van der Waals surface area contributed by atoms with Gasteiger partial charge in [-0.2, -0.15) is 0 Å². The Morgan fingerprint density at radius 3 is 2.24 bits per heavy atom. The maximum atomic E-state index is 11.9. The average molecular weight is 241 g/mol. The Kier molecular flexibility index (Phi) is 6.42. The van der Waals surface area contributed by atoms with Crippen LogP contribution in [-0.2, 0) is 4.79 Å². The van der Waals surface area contributed by atoms with E-state index in [2.05, 4.69) is 30.6 Å². The lowest BCUT2D eigenvalue weighted by Crippen LogP contribution is -2.46. The summed E-state index contributed by atoms with van der Waals surface area (Å²) < 4.78 is 0. The van der Waals surface area contributed by atoms with Crippen LogP contribution in [0.15, 0.2) is 12.7 Å². The molecule has 0 unspecified atom stereocenters. The topological polar surface area (TPSA) is 35.6 Å². The molecule has 0 fully saturated rings. The van der Waals surface area contributed by atoms with Crippen LogP contribution in [0, 0.1) is 5.41 Å². The minimum Gasteiger partial charge on any atom is -0.354 e. The predicted molar refractivity (Wildman–Crippen MR) is 73.0 cm³/mol. The summed E-state index contributed by atoms with van der Waals surface area (Å²) in [7, 11) is 7.82. The van der Waals surface area contributed by atoms with E-state index in [0.717, 1.165) is 6.54 Å². The molecule has 4 nitrogen and oxygen atoms in total. The summed E-state index contributed by atoms with van der Waals surface area (Å²) in [6.07, 6.45) is 1.66. The molecule has 0 bridgehead atoms. The van der Waals surface area contributed by atoms with E-state index in [0.29, 0.717) is 6.54 Å². The van der Waals surface area contributed by atoms with Crippen LogP contribution in [0.1, 0.15) is 13.8 Å². The molecule has 0 aliphatic rings. The molecular formula is C13H27N3O. The Bertz CT molecular complexity index is 259. The van der Waals surface area contributed by atoms with Gasteiger partial charge in [-0.05, 0) is 33.6 Å². The van der Waals surface area contributed by atoms with E-state index < -0.39 is 0 Å². The van der Waals surface area contributed by atoms with Crippen LogP contribution in [0.25, 0.3) is 0 Å². The van der Waals surface area contributed by atoms with Crippen LogP contribution in [0.4, 0.5) is 0 Å². The molecule has 0 saturated heterocycles. The summed E-state index contributed by atoms with van der Waals surface area (Å²) in [6.45, 7) is 9.58. The van der Waals surface area contributed by atoms with Gasteiger partial charge in [0.05, 0.1) is 0 Å². The van der Waals surface area contributed by atoms with Crippen molar-refractivity contribution in [2.45, 2.75) is 19.9 Å². The van der Waals surface area contributed by atoms with Crippen molar-refractivity contribution in [1.29, 1.82) is 0 Å². The molecule has 17 heavy (non-hydrogen) atoms. The number of carbonyl (C=O) groups excluding carboxylic acids is 1. The molecule has 0 spiro atoms. The lowest BCUT2D eigenvalue weighted by atomic mass is 9.93. The zero-order valence-corrected chi connectivity index (χ0v) is 12.1. The monoisotopic (exact) mass is 241 g/mol. The fraction of sp³-hybridized carbons (Fsp3) is 0.769. The first kappa shape index (κ1) is 16.1. The van der Waals surface area contributed by atoms with Crippen molar-refractivity contribution in [2.75, 3.05) is 41.3 Å². The molecule has 0 saturated carbocycles. The maximum absolute atomic E-state index is 11.9. The minimum atomic E-state index is -0.259. The van der Waals surface area contributed by atoms with Crippen LogP contribution < -0.4 is 5.32 Å². The number of carbonyl (C=O) groups is 1. The highest BCUT2D eigenvalue weighted by atomic mass is 16.2. The number of hydrogen-bond acceptors (Lipinski definition) is 3. The van der Waals surface area contributed by atoms with E-state index in [1.165, 1.54) is 0 Å². The van der Waals surface area contributed by atoms with Gasteiger partial charge >= 0.3 is 0 Å². The van der Waals surface area contributed by atoms with Crippen LogP contribution in [0.2, 0.25) is 0 Å². The summed E-state index contributed by atoms with van der Waals surface area (Å²) in [4.78, 5) is 15.9. The molecular weight excluding hydrogens is 214 g/mol. The maximum Gasteiger partial charge on any atom is 0.241 e. The Morgan fingerprint density at radius 2 is 1.88 bits per heavy atom. The molecule has 0 aromatic heterocycles. The Morgan fingerprint density at radius 1 is 1.35 bits per heavy atom. The SMILES string of the molecule is C=C[C@H](C(=O)NCC(C)(C)CN(C)C)N(C)C. The van der Waals surface area contributed by atoms with Gasteiger partial charge in [-0.15, -0.1) is 6.58 Å². The van der Waals surface area contributed by atoms with Crippen molar-refractivity contribution in [3.63, 3.8) is 0 Å². The summed E-state index contributed by atoms with van der Waals surface area (Å²) in [5, 5.41) is 2.98. The fourth-order valence-corrected chi connectivity index (χ4v) is 1.90. The third-order valence-corrected chi connectivity index (χ3v) is 2.53. The Balaban J connectivity index is 4.27. The molecule has 0 aliphatic carbocycles. The highest BCUT2D eigenvalue weighted by Crippen LogP contribution is 2.14. The summed E-state index contributed by atoms with van der Waals surface area (Å²) in [5.74, 6) is 0.0110. The lowest BCUT2D eigenvalue weighted by molar-refractivity contribution is -0.124. The number of nitrogens with one attached hydrogen (secondary N) is 1. The molecule has 1 amide bonds. The third-order valence-electron chi connectivity index (χ3n) is 2.53. The molecule has 0 aromatic carbocycles. The van der Waals surface area contributed by atoms with Crippen LogP contribution in [0.5, 0.6) is 0 Å². The van der Waals surface area contributed by atoms with Gasteiger partial charge in [0.1, 0.15) is 6.04 Å². The molecule has 0 rings (SSSR count). The van der Waals surface area contributed by atoms with Crippen LogP contribution in [0.3, 0.4) is 0 Å². The standard InChI is InChI=1S/C13H27N3O/c1-8-11(16(6)7)12(17)14-9-13(2,3)10-15(4)5/h8,11H,1,9-10H2,2-7H3,(H,14,17)/t11-/m1/s1.